The fourth-order valence-corrected chi connectivity index (χ4v) is 3.19. The zero-order chi connectivity index (χ0) is 13.9. The lowest BCUT2D eigenvalue weighted by molar-refractivity contribution is 0.222. The largest absolute Gasteiger partial charge is 0.329 e. The third kappa shape index (κ3) is 2.49. The molecule has 0 aromatic heterocycles. The number of hydrogen-bond acceptors (Lipinski definition) is 2. The van der Waals surface area contributed by atoms with E-state index in [1.807, 2.05) is 0 Å². The molecule has 1 atom stereocenters. The molecule has 1 aliphatic heterocycles. The lowest BCUT2D eigenvalue weighted by Gasteiger charge is -2.23. The fourth-order valence-electron chi connectivity index (χ4n) is 3.19. The minimum absolute atomic E-state index is 0.383. The Morgan fingerprint density at radius 1 is 1.10 bits per heavy atom. The molecule has 0 bridgehead atoms. The van der Waals surface area contributed by atoms with Gasteiger partial charge in [-0.25, -0.2) is 0 Å². The Hall–Kier alpha value is -1.64. The van der Waals surface area contributed by atoms with Crippen LogP contribution in [-0.4, -0.2) is 18.0 Å². The Kier molecular flexibility index (Phi) is 3.86. The van der Waals surface area contributed by atoms with Crippen molar-refractivity contribution < 1.29 is 0 Å². The molecule has 3 rings (SSSR count). The Bertz CT molecular complexity index is 577. The number of rotatable bonds is 4. The lowest BCUT2D eigenvalue weighted by atomic mass is 10.0. The first-order valence-corrected chi connectivity index (χ1v) is 7.36. The van der Waals surface area contributed by atoms with E-state index in [1.54, 1.807) is 0 Å². The molecule has 2 heteroatoms. The Balaban J connectivity index is 1.74. The third-order valence-corrected chi connectivity index (χ3v) is 4.36. The van der Waals surface area contributed by atoms with Gasteiger partial charge in [-0.15, -0.1) is 0 Å². The van der Waals surface area contributed by atoms with Crippen molar-refractivity contribution in [3.63, 3.8) is 0 Å². The average molecular weight is 266 g/mol. The zero-order valence-electron chi connectivity index (χ0n) is 12.0. The molecule has 1 aliphatic rings. The number of hydrogen-bond donors (Lipinski definition) is 1. The van der Waals surface area contributed by atoms with Gasteiger partial charge in [0, 0.05) is 25.7 Å². The molecule has 2 nitrogen and oxygen atoms in total. The maximum atomic E-state index is 6.02. The summed E-state index contributed by atoms with van der Waals surface area (Å²) >= 11 is 0. The summed E-state index contributed by atoms with van der Waals surface area (Å²) in [6.45, 7) is 5.01. The van der Waals surface area contributed by atoms with Gasteiger partial charge in [-0.1, -0.05) is 48.5 Å². The van der Waals surface area contributed by atoms with Crippen LogP contribution in [0.1, 0.15) is 28.3 Å². The molecule has 0 amide bonds. The SMILES string of the molecule is Cc1cccc2c1CN(CCc1ccccc1)C2CN. The molecule has 2 aromatic rings. The van der Waals surface area contributed by atoms with Crippen LogP contribution in [0.3, 0.4) is 0 Å². The second-order valence-corrected chi connectivity index (χ2v) is 5.60. The summed E-state index contributed by atoms with van der Waals surface area (Å²) in [7, 11) is 0. The van der Waals surface area contributed by atoms with Gasteiger partial charge in [0.15, 0.2) is 0 Å². The maximum absolute atomic E-state index is 6.02. The molecule has 0 radical (unpaired) electrons. The molecule has 104 valence electrons. The summed E-state index contributed by atoms with van der Waals surface area (Å²) in [5.41, 5.74) is 11.7. The Morgan fingerprint density at radius 2 is 1.90 bits per heavy atom. The van der Waals surface area contributed by atoms with Crippen molar-refractivity contribution in [2.75, 3.05) is 13.1 Å². The predicted molar refractivity (Wildman–Crippen MR) is 83.5 cm³/mol. The van der Waals surface area contributed by atoms with Crippen LogP contribution in [0.5, 0.6) is 0 Å². The monoisotopic (exact) mass is 266 g/mol. The van der Waals surface area contributed by atoms with Gasteiger partial charge in [-0.2, -0.15) is 0 Å². The molecule has 20 heavy (non-hydrogen) atoms. The second-order valence-electron chi connectivity index (χ2n) is 5.60. The first-order chi connectivity index (χ1) is 9.79. The van der Waals surface area contributed by atoms with Crippen LogP contribution in [0, 0.1) is 6.92 Å². The minimum Gasteiger partial charge on any atom is -0.329 e. The van der Waals surface area contributed by atoms with Crippen molar-refractivity contribution in [3.8, 4) is 0 Å². The van der Waals surface area contributed by atoms with E-state index in [0.29, 0.717) is 12.6 Å². The van der Waals surface area contributed by atoms with Crippen LogP contribution in [0.4, 0.5) is 0 Å². The highest BCUT2D eigenvalue weighted by Crippen LogP contribution is 2.34. The van der Waals surface area contributed by atoms with E-state index in [0.717, 1.165) is 19.5 Å². The summed E-state index contributed by atoms with van der Waals surface area (Å²) < 4.78 is 0. The molecule has 0 fully saturated rings. The molecule has 0 saturated heterocycles. The normalized spacial score (nSPS) is 18.2. The summed E-state index contributed by atoms with van der Waals surface area (Å²) in [5.74, 6) is 0. The van der Waals surface area contributed by atoms with Crippen LogP contribution in [0.2, 0.25) is 0 Å². The smallest absolute Gasteiger partial charge is 0.0477 e. The first-order valence-electron chi connectivity index (χ1n) is 7.36. The molecular formula is C18H22N2. The van der Waals surface area contributed by atoms with Crippen LogP contribution in [-0.2, 0) is 13.0 Å². The summed E-state index contributed by atoms with van der Waals surface area (Å²) in [5, 5.41) is 0. The van der Waals surface area contributed by atoms with Gasteiger partial charge in [0.05, 0.1) is 0 Å². The summed E-state index contributed by atoms with van der Waals surface area (Å²) in [6.07, 6.45) is 1.09. The Morgan fingerprint density at radius 3 is 2.65 bits per heavy atom. The number of aryl methyl sites for hydroxylation is 1. The highest BCUT2D eigenvalue weighted by atomic mass is 15.2. The topological polar surface area (TPSA) is 29.3 Å². The first kappa shape index (κ1) is 13.3. The van der Waals surface area contributed by atoms with Crippen molar-refractivity contribution in [2.24, 2.45) is 5.73 Å². The summed E-state index contributed by atoms with van der Waals surface area (Å²) in [4.78, 5) is 2.52. The number of nitrogens with two attached hydrogens (primary N) is 1. The van der Waals surface area contributed by atoms with Crippen LogP contribution in [0.15, 0.2) is 48.5 Å². The van der Waals surface area contributed by atoms with E-state index in [9.17, 15) is 0 Å². The van der Waals surface area contributed by atoms with Crippen LogP contribution >= 0.6 is 0 Å². The molecule has 0 aliphatic carbocycles. The molecular weight excluding hydrogens is 244 g/mol. The standard InChI is InChI=1S/C18H22N2/c1-14-6-5-9-16-17(14)13-20(18(16)12-19)11-10-15-7-3-2-4-8-15/h2-9,18H,10-13,19H2,1H3. The van der Waals surface area contributed by atoms with Crippen LogP contribution < -0.4 is 5.73 Å². The molecule has 2 aromatic carbocycles. The van der Waals surface area contributed by atoms with E-state index in [-0.39, 0.29) is 0 Å². The van der Waals surface area contributed by atoms with Crippen molar-refractivity contribution in [2.45, 2.75) is 25.9 Å². The number of fused-ring (bicyclic) bond motifs is 1. The van der Waals surface area contributed by atoms with Gasteiger partial charge in [-0.3, -0.25) is 4.90 Å². The van der Waals surface area contributed by atoms with Crippen molar-refractivity contribution in [1.82, 2.24) is 4.90 Å². The van der Waals surface area contributed by atoms with E-state index < -0.39 is 0 Å². The van der Waals surface area contributed by atoms with Gasteiger partial charge < -0.3 is 5.73 Å². The fraction of sp³-hybridized carbons (Fsp3) is 0.333. The van der Waals surface area contributed by atoms with Crippen molar-refractivity contribution in [3.05, 3.63) is 70.8 Å². The average Bonchev–Trinajstić information content (AvgIpc) is 2.85. The third-order valence-electron chi connectivity index (χ3n) is 4.36. The maximum Gasteiger partial charge on any atom is 0.0477 e. The molecule has 1 unspecified atom stereocenters. The van der Waals surface area contributed by atoms with Gasteiger partial charge in [-0.05, 0) is 35.6 Å². The van der Waals surface area contributed by atoms with Crippen molar-refractivity contribution >= 4 is 0 Å². The highest BCUT2D eigenvalue weighted by Gasteiger charge is 2.29. The number of benzene rings is 2. The predicted octanol–water partition coefficient (Wildman–Crippen LogP) is 3.05. The lowest BCUT2D eigenvalue weighted by Crippen LogP contribution is -2.29. The number of nitrogens with zero attached hydrogens (tertiary/aromatic N) is 1. The molecule has 0 spiro atoms. The zero-order valence-corrected chi connectivity index (χ0v) is 12.0. The summed E-state index contributed by atoms with van der Waals surface area (Å²) in [6, 6.07) is 17.7. The van der Waals surface area contributed by atoms with Gasteiger partial charge in [0.1, 0.15) is 0 Å². The van der Waals surface area contributed by atoms with Crippen LogP contribution in [0.25, 0.3) is 0 Å². The molecule has 0 saturated carbocycles. The molecule has 2 N–H and O–H groups in total. The van der Waals surface area contributed by atoms with Crippen molar-refractivity contribution in [1.29, 1.82) is 0 Å². The van der Waals surface area contributed by atoms with Gasteiger partial charge >= 0.3 is 0 Å². The quantitative estimate of drug-likeness (QED) is 0.921. The van der Waals surface area contributed by atoms with E-state index >= 15 is 0 Å². The van der Waals surface area contributed by atoms with Gasteiger partial charge in [0.25, 0.3) is 0 Å². The van der Waals surface area contributed by atoms with E-state index in [1.165, 1.54) is 22.3 Å². The minimum atomic E-state index is 0.383. The van der Waals surface area contributed by atoms with E-state index in [4.69, 9.17) is 5.73 Å². The highest BCUT2D eigenvalue weighted by molar-refractivity contribution is 5.40. The molecule has 1 heterocycles. The van der Waals surface area contributed by atoms with E-state index in [2.05, 4.69) is 60.4 Å². The Labute approximate surface area is 121 Å². The second kappa shape index (κ2) is 5.78. The van der Waals surface area contributed by atoms with Gasteiger partial charge in [0.2, 0.25) is 0 Å².